The van der Waals surface area contributed by atoms with Crippen molar-refractivity contribution in [1.29, 1.82) is 0 Å². The van der Waals surface area contributed by atoms with E-state index in [1.165, 1.54) is 4.90 Å². The quantitative estimate of drug-likeness (QED) is 0.847. The average molecular weight is 255 g/mol. The van der Waals surface area contributed by atoms with Gasteiger partial charge in [0.1, 0.15) is 0 Å². The van der Waals surface area contributed by atoms with Crippen LogP contribution in [-0.2, 0) is 4.79 Å². The zero-order chi connectivity index (χ0) is 12.4. The van der Waals surface area contributed by atoms with Gasteiger partial charge in [-0.25, -0.2) is 4.79 Å². The van der Waals surface area contributed by atoms with E-state index in [-0.39, 0.29) is 19.1 Å². The van der Waals surface area contributed by atoms with Gasteiger partial charge in [0, 0.05) is 23.8 Å². The fourth-order valence-electron chi connectivity index (χ4n) is 1.54. The summed E-state index contributed by atoms with van der Waals surface area (Å²) in [4.78, 5) is 23.7. The highest BCUT2D eigenvalue weighted by Crippen LogP contribution is 2.18. The number of carbonyl (C=O) groups is 2. The SMILES string of the molecule is O=C(O)C1CN(C(=O)Nc2ccc(Cl)cc2)C1. The number of hydrogen-bond acceptors (Lipinski definition) is 2. The van der Waals surface area contributed by atoms with Crippen LogP contribution < -0.4 is 5.32 Å². The van der Waals surface area contributed by atoms with Crippen molar-refractivity contribution in [2.24, 2.45) is 5.92 Å². The smallest absolute Gasteiger partial charge is 0.321 e. The van der Waals surface area contributed by atoms with Crippen LogP contribution in [0.15, 0.2) is 24.3 Å². The normalized spacial score (nSPS) is 15.2. The van der Waals surface area contributed by atoms with Crippen molar-refractivity contribution in [3.8, 4) is 0 Å². The maximum atomic E-state index is 11.6. The Labute approximate surface area is 103 Å². The Bertz CT molecular complexity index is 441. The maximum Gasteiger partial charge on any atom is 0.321 e. The van der Waals surface area contributed by atoms with Crippen LogP contribution in [0.5, 0.6) is 0 Å². The Morgan fingerprint density at radius 1 is 1.29 bits per heavy atom. The van der Waals surface area contributed by atoms with Crippen LogP contribution >= 0.6 is 11.6 Å². The minimum absolute atomic E-state index is 0.259. The second-order valence-corrected chi connectivity index (χ2v) is 4.31. The van der Waals surface area contributed by atoms with Crippen molar-refractivity contribution in [2.45, 2.75) is 0 Å². The van der Waals surface area contributed by atoms with Gasteiger partial charge in [0.05, 0.1) is 5.92 Å². The molecular weight excluding hydrogens is 244 g/mol. The lowest BCUT2D eigenvalue weighted by molar-refractivity contribution is -0.145. The molecule has 0 aromatic heterocycles. The molecule has 0 saturated carbocycles. The molecule has 2 N–H and O–H groups in total. The Hall–Kier alpha value is -1.75. The van der Waals surface area contributed by atoms with Crippen LogP contribution in [0.3, 0.4) is 0 Å². The molecule has 0 radical (unpaired) electrons. The summed E-state index contributed by atoms with van der Waals surface area (Å²) in [6.45, 7) is 0.517. The lowest BCUT2D eigenvalue weighted by Gasteiger charge is -2.36. The zero-order valence-corrected chi connectivity index (χ0v) is 9.65. The Kier molecular flexibility index (Phi) is 3.19. The van der Waals surface area contributed by atoms with Gasteiger partial charge in [0.25, 0.3) is 0 Å². The molecule has 5 nitrogen and oxygen atoms in total. The third-order valence-electron chi connectivity index (χ3n) is 2.61. The molecule has 6 heteroatoms. The van der Waals surface area contributed by atoms with Gasteiger partial charge in [-0.2, -0.15) is 0 Å². The number of aliphatic carboxylic acids is 1. The van der Waals surface area contributed by atoms with Crippen LogP contribution in [0.1, 0.15) is 0 Å². The van der Waals surface area contributed by atoms with Gasteiger partial charge in [-0.05, 0) is 24.3 Å². The number of carboxylic acids is 1. The van der Waals surface area contributed by atoms with Gasteiger partial charge in [-0.15, -0.1) is 0 Å². The largest absolute Gasteiger partial charge is 0.481 e. The highest BCUT2D eigenvalue weighted by Gasteiger charge is 2.35. The molecule has 1 heterocycles. The lowest BCUT2D eigenvalue weighted by Crippen LogP contribution is -2.54. The van der Waals surface area contributed by atoms with Gasteiger partial charge in [0.15, 0.2) is 0 Å². The lowest BCUT2D eigenvalue weighted by atomic mass is 10.0. The van der Waals surface area contributed by atoms with Crippen molar-refractivity contribution in [2.75, 3.05) is 18.4 Å². The minimum atomic E-state index is -0.861. The average Bonchev–Trinajstić information content (AvgIpc) is 2.18. The van der Waals surface area contributed by atoms with Crippen LogP contribution in [0.4, 0.5) is 10.5 Å². The van der Waals surface area contributed by atoms with Crippen molar-refractivity contribution in [3.05, 3.63) is 29.3 Å². The highest BCUT2D eigenvalue weighted by atomic mass is 35.5. The van der Waals surface area contributed by atoms with Gasteiger partial charge < -0.3 is 15.3 Å². The highest BCUT2D eigenvalue weighted by molar-refractivity contribution is 6.30. The molecule has 1 aromatic rings. The van der Waals surface area contributed by atoms with Crippen LogP contribution in [0, 0.1) is 5.92 Å². The number of nitrogens with one attached hydrogen (secondary N) is 1. The van der Waals surface area contributed by atoms with Crippen molar-refractivity contribution < 1.29 is 14.7 Å². The van der Waals surface area contributed by atoms with Crippen molar-refractivity contribution in [1.82, 2.24) is 4.90 Å². The minimum Gasteiger partial charge on any atom is -0.481 e. The van der Waals surface area contributed by atoms with E-state index in [4.69, 9.17) is 16.7 Å². The van der Waals surface area contributed by atoms with E-state index in [0.29, 0.717) is 10.7 Å². The van der Waals surface area contributed by atoms with Gasteiger partial charge >= 0.3 is 12.0 Å². The summed E-state index contributed by atoms with van der Waals surface area (Å²) in [5, 5.41) is 11.9. The molecular formula is C11H11ClN2O3. The van der Waals surface area contributed by atoms with Crippen LogP contribution in [0.25, 0.3) is 0 Å². The van der Waals surface area contributed by atoms with Gasteiger partial charge in [-0.3, -0.25) is 4.79 Å². The monoisotopic (exact) mass is 254 g/mol. The predicted molar refractivity (Wildman–Crippen MR) is 63.2 cm³/mol. The second kappa shape index (κ2) is 4.63. The number of benzene rings is 1. The van der Waals surface area contributed by atoms with Gasteiger partial charge in [-0.1, -0.05) is 11.6 Å². The molecule has 17 heavy (non-hydrogen) atoms. The van der Waals surface area contributed by atoms with E-state index in [1.807, 2.05) is 0 Å². The molecule has 1 saturated heterocycles. The molecule has 0 unspecified atom stereocenters. The standard InChI is InChI=1S/C11H11ClN2O3/c12-8-1-3-9(4-2-8)13-11(17)14-5-7(6-14)10(15)16/h1-4,7H,5-6H2,(H,13,17)(H,15,16). The topological polar surface area (TPSA) is 69.6 Å². The first-order chi connectivity index (χ1) is 8.06. The third kappa shape index (κ3) is 2.68. The molecule has 0 bridgehead atoms. The molecule has 1 fully saturated rings. The van der Waals surface area contributed by atoms with Crippen LogP contribution in [-0.4, -0.2) is 35.1 Å². The number of nitrogens with zero attached hydrogens (tertiary/aromatic N) is 1. The van der Waals surface area contributed by atoms with Crippen molar-refractivity contribution >= 4 is 29.3 Å². The number of anilines is 1. The summed E-state index contributed by atoms with van der Waals surface area (Å²) >= 11 is 5.71. The number of hydrogen-bond donors (Lipinski definition) is 2. The zero-order valence-electron chi connectivity index (χ0n) is 8.89. The first-order valence-electron chi connectivity index (χ1n) is 5.10. The Morgan fingerprint density at radius 3 is 2.41 bits per heavy atom. The fraction of sp³-hybridized carbons (Fsp3) is 0.273. The molecule has 1 aliphatic rings. The molecule has 0 aliphatic carbocycles. The summed E-state index contributed by atoms with van der Waals surface area (Å²) in [5.74, 6) is -1.30. The summed E-state index contributed by atoms with van der Waals surface area (Å²) in [7, 11) is 0. The summed E-state index contributed by atoms with van der Waals surface area (Å²) in [6.07, 6.45) is 0. The molecule has 1 aromatic carbocycles. The summed E-state index contributed by atoms with van der Waals surface area (Å²) in [5.41, 5.74) is 0.637. The summed E-state index contributed by atoms with van der Waals surface area (Å²) in [6, 6.07) is 6.44. The van der Waals surface area contributed by atoms with E-state index >= 15 is 0 Å². The number of carboxylic acid groups (broad SMARTS) is 1. The first-order valence-corrected chi connectivity index (χ1v) is 5.48. The number of carbonyl (C=O) groups excluding carboxylic acids is 1. The van der Waals surface area contributed by atoms with E-state index in [1.54, 1.807) is 24.3 Å². The van der Waals surface area contributed by atoms with Crippen LogP contribution in [0.2, 0.25) is 5.02 Å². The van der Waals surface area contributed by atoms with E-state index in [2.05, 4.69) is 5.32 Å². The molecule has 0 spiro atoms. The first kappa shape index (κ1) is 11.7. The Morgan fingerprint density at radius 2 is 1.88 bits per heavy atom. The second-order valence-electron chi connectivity index (χ2n) is 3.88. The number of halogens is 1. The molecule has 2 amide bonds. The summed E-state index contributed by atoms with van der Waals surface area (Å²) < 4.78 is 0. The molecule has 90 valence electrons. The molecule has 2 rings (SSSR count). The van der Waals surface area contributed by atoms with E-state index < -0.39 is 11.9 Å². The maximum absolute atomic E-state index is 11.6. The Balaban J connectivity index is 1.87. The number of urea groups is 1. The molecule has 0 atom stereocenters. The fourth-order valence-corrected chi connectivity index (χ4v) is 1.66. The van der Waals surface area contributed by atoms with E-state index in [9.17, 15) is 9.59 Å². The van der Waals surface area contributed by atoms with Gasteiger partial charge in [0.2, 0.25) is 0 Å². The number of likely N-dealkylation sites (tertiary alicyclic amines) is 1. The number of rotatable bonds is 2. The van der Waals surface area contributed by atoms with E-state index in [0.717, 1.165) is 0 Å². The third-order valence-corrected chi connectivity index (χ3v) is 2.87. The molecule has 1 aliphatic heterocycles. The van der Waals surface area contributed by atoms with Crippen molar-refractivity contribution in [3.63, 3.8) is 0 Å². The predicted octanol–water partition coefficient (Wildman–Crippen LogP) is 1.89. The number of amides is 2.